The minimum absolute atomic E-state index is 0.273. The first kappa shape index (κ1) is 17.0. The number of imide groups is 1. The first-order valence-electron chi connectivity index (χ1n) is 8.15. The highest BCUT2D eigenvalue weighted by molar-refractivity contribution is 9.10. The van der Waals surface area contributed by atoms with Gasteiger partial charge in [0.05, 0.1) is 0 Å². The van der Waals surface area contributed by atoms with Crippen molar-refractivity contribution in [3.8, 4) is 0 Å². The number of rotatable bonds is 3. The molecule has 1 unspecified atom stereocenters. The molecule has 3 rings (SSSR count). The lowest BCUT2D eigenvalue weighted by molar-refractivity contribution is -0.137. The van der Waals surface area contributed by atoms with Crippen LogP contribution in [-0.4, -0.2) is 34.3 Å². The summed E-state index contributed by atoms with van der Waals surface area (Å²) in [7, 11) is 0. The molecule has 1 atom stereocenters. The van der Waals surface area contributed by atoms with Crippen LogP contribution in [0, 0.1) is 0 Å². The summed E-state index contributed by atoms with van der Waals surface area (Å²) in [5.74, 6) is -0.653. The second kappa shape index (κ2) is 6.55. The first-order chi connectivity index (χ1) is 11.4. The van der Waals surface area contributed by atoms with E-state index in [0.29, 0.717) is 18.5 Å². The lowest BCUT2D eigenvalue weighted by Crippen LogP contribution is -2.50. The van der Waals surface area contributed by atoms with Crippen LogP contribution in [0.3, 0.4) is 0 Å². The van der Waals surface area contributed by atoms with E-state index in [1.165, 1.54) is 0 Å². The number of nitrogens with one attached hydrogen (secondary N) is 2. The fraction of sp³-hybridized carbons (Fsp3) is 0.471. The summed E-state index contributed by atoms with van der Waals surface area (Å²) in [6.07, 6.45) is 4.20. The Morgan fingerprint density at radius 1 is 1.21 bits per heavy atom. The number of benzene rings is 1. The Hall–Kier alpha value is -1.89. The van der Waals surface area contributed by atoms with Crippen LogP contribution >= 0.6 is 15.9 Å². The van der Waals surface area contributed by atoms with Crippen molar-refractivity contribution in [2.24, 2.45) is 0 Å². The number of anilines is 1. The molecule has 6 nitrogen and oxygen atoms in total. The molecule has 0 radical (unpaired) electrons. The number of nitrogens with zero attached hydrogens (tertiary/aromatic N) is 1. The number of urea groups is 1. The van der Waals surface area contributed by atoms with Gasteiger partial charge in [-0.3, -0.25) is 9.59 Å². The number of carbonyl (C=O) groups excluding carboxylic acids is 3. The summed E-state index contributed by atoms with van der Waals surface area (Å²) in [5.41, 5.74) is -0.184. The highest BCUT2D eigenvalue weighted by atomic mass is 79.9. The summed E-state index contributed by atoms with van der Waals surface area (Å²) in [5, 5.41) is 5.57. The van der Waals surface area contributed by atoms with Gasteiger partial charge in [-0.05, 0) is 44.0 Å². The zero-order valence-electron chi connectivity index (χ0n) is 13.5. The van der Waals surface area contributed by atoms with Crippen LogP contribution in [0.25, 0.3) is 0 Å². The van der Waals surface area contributed by atoms with Crippen LogP contribution < -0.4 is 10.6 Å². The third kappa shape index (κ3) is 3.05. The Labute approximate surface area is 149 Å². The molecule has 128 valence electrons. The van der Waals surface area contributed by atoms with Crippen LogP contribution in [0.4, 0.5) is 10.5 Å². The molecule has 1 aliphatic carbocycles. The van der Waals surface area contributed by atoms with E-state index in [-0.39, 0.29) is 11.8 Å². The fourth-order valence-electron chi connectivity index (χ4n) is 3.38. The van der Waals surface area contributed by atoms with E-state index in [9.17, 15) is 14.4 Å². The summed E-state index contributed by atoms with van der Waals surface area (Å²) in [4.78, 5) is 38.6. The van der Waals surface area contributed by atoms with E-state index in [4.69, 9.17) is 0 Å². The summed E-state index contributed by atoms with van der Waals surface area (Å²) >= 11 is 3.33. The Morgan fingerprint density at radius 2 is 1.83 bits per heavy atom. The molecule has 7 heteroatoms. The van der Waals surface area contributed by atoms with Crippen LogP contribution in [0.1, 0.15) is 39.0 Å². The molecule has 1 aromatic rings. The van der Waals surface area contributed by atoms with Crippen molar-refractivity contribution in [3.05, 3.63) is 28.7 Å². The third-order valence-corrected chi connectivity index (χ3v) is 5.31. The molecule has 1 aliphatic heterocycles. The van der Waals surface area contributed by atoms with Gasteiger partial charge in [-0.25, -0.2) is 9.69 Å². The Balaban J connectivity index is 1.72. The molecular weight excluding hydrogens is 374 g/mol. The van der Waals surface area contributed by atoms with Gasteiger partial charge in [0.25, 0.3) is 5.91 Å². The molecular formula is C17H20BrN3O3. The summed E-state index contributed by atoms with van der Waals surface area (Å²) in [6.45, 7) is 1.58. The third-order valence-electron chi connectivity index (χ3n) is 4.78. The lowest BCUT2D eigenvalue weighted by Gasteiger charge is -2.31. The molecule has 1 saturated heterocycles. The molecule has 0 aromatic heterocycles. The molecule has 2 N–H and O–H groups in total. The van der Waals surface area contributed by atoms with E-state index in [1.54, 1.807) is 19.1 Å². The number of halogens is 1. The van der Waals surface area contributed by atoms with Crippen molar-refractivity contribution < 1.29 is 14.4 Å². The maximum Gasteiger partial charge on any atom is 0.325 e. The van der Waals surface area contributed by atoms with Gasteiger partial charge in [0.15, 0.2) is 0 Å². The van der Waals surface area contributed by atoms with Crippen LogP contribution in [0.5, 0.6) is 0 Å². The second-order valence-corrected chi connectivity index (χ2v) is 7.34. The lowest BCUT2D eigenvalue weighted by atomic mass is 9.81. The highest BCUT2D eigenvalue weighted by Gasteiger charge is 2.53. The zero-order chi connectivity index (χ0) is 17.3. The normalized spacial score (nSPS) is 20.8. The van der Waals surface area contributed by atoms with Gasteiger partial charge >= 0.3 is 6.03 Å². The number of hydrogen-bond acceptors (Lipinski definition) is 3. The van der Waals surface area contributed by atoms with Gasteiger partial charge in [0.1, 0.15) is 11.6 Å². The standard InChI is InChI=1S/C17H20BrN3O3/c1-11(14(22)19-13-7-5-12(18)6-8-13)21-15(23)17(20-16(21)24)9-3-2-4-10-17/h5-8,11H,2-4,9-10H2,1H3,(H,19,22)(H,20,24). The van der Waals surface area contributed by atoms with E-state index in [0.717, 1.165) is 28.6 Å². The second-order valence-electron chi connectivity index (χ2n) is 6.42. The smallest absolute Gasteiger partial charge is 0.324 e. The largest absolute Gasteiger partial charge is 0.325 e. The molecule has 2 fully saturated rings. The van der Waals surface area contributed by atoms with E-state index < -0.39 is 17.6 Å². The molecule has 1 spiro atoms. The molecule has 24 heavy (non-hydrogen) atoms. The van der Waals surface area contributed by atoms with Crippen molar-refractivity contribution >= 4 is 39.5 Å². The monoisotopic (exact) mass is 393 g/mol. The number of carbonyl (C=O) groups is 3. The van der Waals surface area contributed by atoms with Crippen molar-refractivity contribution in [1.82, 2.24) is 10.2 Å². The Bertz CT molecular complexity index is 668. The first-order valence-corrected chi connectivity index (χ1v) is 8.94. The highest BCUT2D eigenvalue weighted by Crippen LogP contribution is 2.34. The number of amides is 4. The van der Waals surface area contributed by atoms with Gasteiger partial charge in [0, 0.05) is 10.2 Å². The maximum atomic E-state index is 12.8. The SMILES string of the molecule is CC(C(=O)Nc1ccc(Br)cc1)N1C(=O)NC2(CCCCC2)C1=O. The molecule has 1 aromatic carbocycles. The maximum absolute atomic E-state index is 12.8. The Kier molecular flexibility index (Phi) is 4.62. The zero-order valence-corrected chi connectivity index (χ0v) is 15.1. The predicted molar refractivity (Wildman–Crippen MR) is 93.4 cm³/mol. The van der Waals surface area contributed by atoms with Crippen LogP contribution in [0.15, 0.2) is 28.7 Å². The average Bonchev–Trinajstić information content (AvgIpc) is 2.80. The predicted octanol–water partition coefficient (Wildman–Crippen LogP) is 3.03. The van der Waals surface area contributed by atoms with Crippen LogP contribution in [-0.2, 0) is 9.59 Å². The van der Waals surface area contributed by atoms with Crippen molar-refractivity contribution in [1.29, 1.82) is 0 Å². The summed E-state index contributed by atoms with van der Waals surface area (Å²) < 4.78 is 0.905. The van der Waals surface area contributed by atoms with E-state index in [1.807, 2.05) is 12.1 Å². The fourth-order valence-corrected chi connectivity index (χ4v) is 3.65. The van der Waals surface area contributed by atoms with Crippen molar-refractivity contribution in [2.75, 3.05) is 5.32 Å². The molecule has 2 aliphatic rings. The van der Waals surface area contributed by atoms with E-state index >= 15 is 0 Å². The van der Waals surface area contributed by atoms with Crippen LogP contribution in [0.2, 0.25) is 0 Å². The summed E-state index contributed by atoms with van der Waals surface area (Å²) in [6, 6.07) is 5.80. The van der Waals surface area contributed by atoms with E-state index in [2.05, 4.69) is 26.6 Å². The minimum Gasteiger partial charge on any atom is -0.324 e. The van der Waals surface area contributed by atoms with Crippen molar-refractivity contribution in [2.45, 2.75) is 50.6 Å². The van der Waals surface area contributed by atoms with Gasteiger partial charge in [-0.2, -0.15) is 0 Å². The van der Waals surface area contributed by atoms with Gasteiger partial charge in [-0.1, -0.05) is 35.2 Å². The van der Waals surface area contributed by atoms with Gasteiger partial charge in [-0.15, -0.1) is 0 Å². The van der Waals surface area contributed by atoms with Gasteiger partial charge in [0.2, 0.25) is 5.91 Å². The molecule has 4 amide bonds. The molecule has 1 heterocycles. The van der Waals surface area contributed by atoms with Crippen molar-refractivity contribution in [3.63, 3.8) is 0 Å². The molecule has 1 saturated carbocycles. The quantitative estimate of drug-likeness (QED) is 0.774. The minimum atomic E-state index is -0.859. The van der Waals surface area contributed by atoms with Gasteiger partial charge < -0.3 is 10.6 Å². The topological polar surface area (TPSA) is 78.5 Å². The Morgan fingerprint density at radius 3 is 2.46 bits per heavy atom. The molecule has 0 bridgehead atoms. The average molecular weight is 394 g/mol. The number of hydrogen-bond donors (Lipinski definition) is 2.